The van der Waals surface area contributed by atoms with Gasteiger partial charge < -0.3 is 4.74 Å². The molecule has 0 aliphatic heterocycles. The summed E-state index contributed by atoms with van der Waals surface area (Å²) in [5.41, 5.74) is 4.76. The average Bonchev–Trinajstić information content (AvgIpc) is 3.27. The van der Waals surface area contributed by atoms with E-state index in [4.69, 9.17) is 4.74 Å². The molecule has 1 aromatic heterocycles. The minimum absolute atomic E-state index is 0.0621. The number of nitrogens with one attached hydrogen (secondary N) is 2. The van der Waals surface area contributed by atoms with Crippen LogP contribution in [0.15, 0.2) is 60.0 Å². The highest BCUT2D eigenvalue weighted by atomic mass is 32.1. The quantitative estimate of drug-likeness (QED) is 0.392. The van der Waals surface area contributed by atoms with Crippen LogP contribution in [0.4, 0.5) is 19.6 Å². The van der Waals surface area contributed by atoms with Gasteiger partial charge in [-0.3, -0.25) is 30.1 Å². The molecule has 0 saturated heterocycles. The van der Waals surface area contributed by atoms with E-state index in [0.29, 0.717) is 5.69 Å². The van der Waals surface area contributed by atoms with E-state index in [-0.39, 0.29) is 16.6 Å². The number of carbonyl (C=O) groups is 3. The number of hydrogen-bond acceptors (Lipinski definition) is 6. The van der Waals surface area contributed by atoms with Crippen molar-refractivity contribution in [1.82, 2.24) is 15.8 Å². The molecule has 3 amide bonds. The zero-order valence-electron chi connectivity index (χ0n) is 18.1. The second-order valence-corrected chi connectivity index (χ2v) is 7.70. The first kappa shape index (κ1) is 24.5. The van der Waals surface area contributed by atoms with Crippen LogP contribution in [0.5, 0.6) is 5.75 Å². The molecule has 3 aromatic rings. The number of hydrazine groups is 1. The summed E-state index contributed by atoms with van der Waals surface area (Å²) in [7, 11) is 0. The molecule has 0 fully saturated rings. The summed E-state index contributed by atoms with van der Waals surface area (Å²) in [5, 5.41) is 1.81. The molecule has 8 nitrogen and oxygen atoms in total. The number of amides is 3. The van der Waals surface area contributed by atoms with E-state index in [2.05, 4.69) is 15.8 Å². The summed E-state index contributed by atoms with van der Waals surface area (Å²) in [4.78, 5) is 41.5. The van der Waals surface area contributed by atoms with Crippen molar-refractivity contribution in [2.75, 3.05) is 4.90 Å². The van der Waals surface area contributed by atoms with Crippen molar-refractivity contribution in [3.8, 4) is 5.75 Å². The third-order valence-electron chi connectivity index (χ3n) is 4.33. The molecular formula is C23H20F2N4O4S. The van der Waals surface area contributed by atoms with Crippen LogP contribution in [0.25, 0.3) is 6.08 Å². The van der Waals surface area contributed by atoms with Crippen molar-refractivity contribution in [3.63, 3.8) is 0 Å². The summed E-state index contributed by atoms with van der Waals surface area (Å²) in [6.07, 6.45) is 1.40. The number of thiazole rings is 1. The largest absolute Gasteiger partial charge is 0.478 e. The highest BCUT2D eigenvalue weighted by Crippen LogP contribution is 2.30. The van der Waals surface area contributed by atoms with Gasteiger partial charge >= 0.3 is 0 Å². The minimum Gasteiger partial charge on any atom is -0.478 e. The first-order valence-electron chi connectivity index (χ1n) is 9.96. The number of halogens is 2. The lowest BCUT2D eigenvalue weighted by atomic mass is 10.3. The molecule has 2 N–H and O–H groups in total. The summed E-state index contributed by atoms with van der Waals surface area (Å²) in [6, 6.07) is 11.4. The molecule has 0 aliphatic carbocycles. The van der Waals surface area contributed by atoms with E-state index in [9.17, 15) is 23.2 Å². The van der Waals surface area contributed by atoms with E-state index in [1.807, 2.05) is 0 Å². The Kier molecular flexibility index (Phi) is 8.04. The van der Waals surface area contributed by atoms with Crippen molar-refractivity contribution in [2.45, 2.75) is 20.0 Å². The molecule has 1 unspecified atom stereocenters. The van der Waals surface area contributed by atoms with E-state index in [0.717, 1.165) is 22.3 Å². The monoisotopic (exact) mass is 486 g/mol. The van der Waals surface area contributed by atoms with Crippen LogP contribution in [0.3, 0.4) is 0 Å². The minimum atomic E-state index is -1.07. The SMILES string of the molecule is CC(=O)N(c1nc(/C=C/C(=O)NNC(=O)C(C)Oc2ccccc2F)cs1)c1ccccc1F. The van der Waals surface area contributed by atoms with E-state index >= 15 is 0 Å². The summed E-state index contributed by atoms with van der Waals surface area (Å²) < 4.78 is 33.0. The predicted molar refractivity (Wildman–Crippen MR) is 123 cm³/mol. The summed E-state index contributed by atoms with van der Waals surface area (Å²) in [6.45, 7) is 2.69. The van der Waals surface area contributed by atoms with Crippen molar-refractivity contribution in [3.05, 3.63) is 77.3 Å². The number of nitrogens with zero attached hydrogens (tertiary/aromatic N) is 2. The number of rotatable bonds is 7. The van der Waals surface area contributed by atoms with E-state index in [1.165, 1.54) is 56.3 Å². The van der Waals surface area contributed by atoms with Crippen LogP contribution in [-0.4, -0.2) is 28.8 Å². The van der Waals surface area contributed by atoms with Gasteiger partial charge in [0.05, 0.1) is 11.4 Å². The Bertz CT molecular complexity index is 1230. The predicted octanol–water partition coefficient (Wildman–Crippen LogP) is 3.73. The lowest BCUT2D eigenvalue weighted by molar-refractivity contribution is -0.131. The van der Waals surface area contributed by atoms with E-state index < -0.39 is 35.5 Å². The highest BCUT2D eigenvalue weighted by molar-refractivity contribution is 7.14. The molecule has 34 heavy (non-hydrogen) atoms. The summed E-state index contributed by atoms with van der Waals surface area (Å²) in [5.74, 6) is -3.07. The van der Waals surface area contributed by atoms with Gasteiger partial charge in [0.25, 0.3) is 11.8 Å². The van der Waals surface area contributed by atoms with E-state index in [1.54, 1.807) is 17.5 Å². The third kappa shape index (κ3) is 6.23. The van der Waals surface area contributed by atoms with Crippen LogP contribution in [0.2, 0.25) is 0 Å². The second kappa shape index (κ2) is 11.1. The zero-order valence-corrected chi connectivity index (χ0v) is 18.9. The fraction of sp³-hybridized carbons (Fsp3) is 0.130. The van der Waals surface area contributed by atoms with Crippen LogP contribution in [0.1, 0.15) is 19.5 Å². The molecule has 0 radical (unpaired) electrons. The van der Waals surface area contributed by atoms with Gasteiger partial charge in [-0.2, -0.15) is 0 Å². The van der Waals surface area contributed by atoms with Gasteiger partial charge in [-0.05, 0) is 37.3 Å². The molecule has 176 valence electrons. The second-order valence-electron chi connectivity index (χ2n) is 6.86. The van der Waals surface area contributed by atoms with Gasteiger partial charge in [0.1, 0.15) is 5.82 Å². The number of hydrogen-bond donors (Lipinski definition) is 2. The number of ether oxygens (including phenoxy) is 1. The third-order valence-corrected chi connectivity index (χ3v) is 5.18. The Labute approximate surface area is 197 Å². The fourth-order valence-corrected chi connectivity index (χ4v) is 3.56. The van der Waals surface area contributed by atoms with Gasteiger partial charge in [-0.25, -0.2) is 13.8 Å². The lowest BCUT2D eigenvalue weighted by Gasteiger charge is -2.18. The number of aromatic nitrogens is 1. The number of carbonyl (C=O) groups excluding carboxylic acids is 3. The molecule has 0 saturated carbocycles. The van der Waals surface area contributed by atoms with Crippen LogP contribution >= 0.6 is 11.3 Å². The molecule has 0 spiro atoms. The van der Waals surface area contributed by atoms with Gasteiger partial charge in [0.2, 0.25) is 5.91 Å². The van der Waals surface area contributed by atoms with Crippen LogP contribution in [0, 0.1) is 11.6 Å². The molecule has 0 aliphatic rings. The smallest absolute Gasteiger partial charge is 0.279 e. The Morgan fingerprint density at radius 1 is 1.06 bits per heavy atom. The molecule has 1 heterocycles. The molecule has 3 rings (SSSR count). The van der Waals surface area contributed by atoms with Crippen LogP contribution in [-0.2, 0) is 14.4 Å². The molecule has 11 heteroatoms. The maximum absolute atomic E-state index is 14.1. The Balaban J connectivity index is 1.57. The fourth-order valence-electron chi connectivity index (χ4n) is 2.71. The number of para-hydroxylation sites is 2. The molecule has 2 aromatic carbocycles. The summed E-state index contributed by atoms with van der Waals surface area (Å²) >= 11 is 1.09. The Hall–Kier alpha value is -4.12. The van der Waals surface area contributed by atoms with Crippen molar-refractivity contribution < 1.29 is 27.9 Å². The van der Waals surface area contributed by atoms with Crippen molar-refractivity contribution in [2.24, 2.45) is 0 Å². The van der Waals surface area contributed by atoms with Gasteiger partial charge in [0.15, 0.2) is 22.8 Å². The zero-order chi connectivity index (χ0) is 24.7. The topological polar surface area (TPSA) is 101 Å². The normalized spacial score (nSPS) is 11.6. The first-order valence-corrected chi connectivity index (χ1v) is 10.8. The standard InChI is InChI=1S/C23H20F2N4O4S/c1-14(33-20-10-6-4-8-18(20)25)22(32)28-27-21(31)12-11-16-13-34-23(26-16)29(15(2)30)19-9-5-3-7-17(19)24/h3-14H,1-2H3,(H,27,31)(H,28,32)/b12-11+. The Morgan fingerprint density at radius 2 is 1.74 bits per heavy atom. The average molecular weight is 487 g/mol. The molecular weight excluding hydrogens is 466 g/mol. The number of anilines is 2. The van der Waals surface area contributed by atoms with Gasteiger partial charge in [-0.15, -0.1) is 11.3 Å². The lowest BCUT2D eigenvalue weighted by Crippen LogP contribution is -2.46. The van der Waals surface area contributed by atoms with Gasteiger partial charge in [-0.1, -0.05) is 24.3 Å². The molecule has 0 bridgehead atoms. The van der Waals surface area contributed by atoms with Crippen LogP contribution < -0.4 is 20.5 Å². The van der Waals surface area contributed by atoms with Gasteiger partial charge in [0, 0.05) is 18.4 Å². The highest BCUT2D eigenvalue weighted by Gasteiger charge is 2.20. The Morgan fingerprint density at radius 3 is 2.41 bits per heavy atom. The maximum atomic E-state index is 14.1. The van der Waals surface area contributed by atoms with Crippen molar-refractivity contribution in [1.29, 1.82) is 0 Å². The molecule has 1 atom stereocenters. The first-order chi connectivity index (χ1) is 16.3. The number of benzene rings is 2. The van der Waals surface area contributed by atoms with Crippen molar-refractivity contribution >= 4 is 46.0 Å². The maximum Gasteiger partial charge on any atom is 0.279 e.